The van der Waals surface area contributed by atoms with Gasteiger partial charge in [-0.3, -0.25) is 4.79 Å². The Morgan fingerprint density at radius 3 is 2.82 bits per heavy atom. The average molecular weight is 383 g/mol. The van der Waals surface area contributed by atoms with Crippen molar-refractivity contribution in [2.24, 2.45) is 0 Å². The molecule has 2 unspecified atom stereocenters. The van der Waals surface area contributed by atoms with Crippen molar-refractivity contribution < 1.29 is 19.0 Å². The van der Waals surface area contributed by atoms with E-state index in [0.717, 1.165) is 11.3 Å². The van der Waals surface area contributed by atoms with E-state index in [-0.39, 0.29) is 24.9 Å². The molecule has 0 aliphatic carbocycles. The molecule has 1 amide bonds. The summed E-state index contributed by atoms with van der Waals surface area (Å²) < 4.78 is 17.5. The maximum atomic E-state index is 13.1. The lowest BCUT2D eigenvalue weighted by atomic mass is 9.87. The minimum absolute atomic E-state index is 0.0164. The van der Waals surface area contributed by atoms with E-state index in [1.54, 1.807) is 18.5 Å². The largest absolute Gasteiger partial charge is 0.491 e. The molecule has 7 nitrogen and oxygen atoms in total. The molecule has 28 heavy (non-hydrogen) atoms. The molecule has 0 radical (unpaired) electrons. The van der Waals surface area contributed by atoms with E-state index < -0.39 is 5.60 Å². The van der Waals surface area contributed by atoms with Crippen LogP contribution in [0.2, 0.25) is 0 Å². The Kier molecular flexibility index (Phi) is 5.03. The maximum absolute atomic E-state index is 13.1. The van der Waals surface area contributed by atoms with Gasteiger partial charge in [-0.2, -0.15) is 0 Å². The van der Waals surface area contributed by atoms with Crippen LogP contribution in [0.4, 0.5) is 0 Å². The van der Waals surface area contributed by atoms with Crippen LogP contribution in [-0.4, -0.2) is 52.9 Å². The van der Waals surface area contributed by atoms with Crippen molar-refractivity contribution in [2.75, 3.05) is 19.9 Å². The number of piperidine rings is 1. The second kappa shape index (κ2) is 7.48. The second-order valence-corrected chi connectivity index (χ2v) is 7.53. The van der Waals surface area contributed by atoms with E-state index in [9.17, 15) is 4.79 Å². The lowest BCUT2D eigenvalue weighted by Crippen LogP contribution is -2.54. The van der Waals surface area contributed by atoms with Gasteiger partial charge in [0, 0.05) is 30.9 Å². The molecule has 0 spiro atoms. The molecule has 2 fully saturated rings. The zero-order valence-corrected chi connectivity index (χ0v) is 16.4. The smallest absolute Gasteiger partial charge is 0.253 e. The number of likely N-dealkylation sites (tertiary alicyclic amines) is 1. The molecular formula is C21H25N3O4. The number of ether oxygens (including phenoxy) is 3. The molecule has 2 saturated heterocycles. The molecule has 1 aromatic carbocycles. The first kappa shape index (κ1) is 18.8. The highest BCUT2D eigenvalue weighted by molar-refractivity contribution is 5.94. The van der Waals surface area contributed by atoms with Crippen LogP contribution in [0.1, 0.15) is 42.0 Å². The Morgan fingerprint density at radius 2 is 2.11 bits per heavy atom. The normalized spacial score (nSPS) is 24.3. The molecule has 0 N–H and O–H groups in total. The molecule has 2 atom stereocenters. The predicted octanol–water partition coefficient (Wildman–Crippen LogP) is 2.69. The molecule has 4 rings (SSSR count). The molecule has 0 saturated carbocycles. The highest BCUT2D eigenvalue weighted by atomic mass is 16.7. The van der Waals surface area contributed by atoms with Crippen molar-refractivity contribution in [3.63, 3.8) is 0 Å². The number of carbonyl (C=O) groups excluding carboxylic acids is 1. The SMILES string of the molecule is Cc1cc(C(=O)N2CCC3(c4ncccn4)OCOC3C2)ccc1OC(C)C. The first-order chi connectivity index (χ1) is 13.5. The Hall–Kier alpha value is -2.51. The predicted molar refractivity (Wildman–Crippen MR) is 102 cm³/mol. The standard InChI is InChI=1S/C21H25N3O4/c1-14(2)28-17-6-5-16(11-15(17)3)19(25)24-10-7-21(18(12-24)26-13-27-21)20-22-8-4-9-23-20/h4-6,8-9,11,14,18H,7,10,12-13H2,1-3H3. The third-order valence-corrected chi connectivity index (χ3v) is 5.26. The van der Waals surface area contributed by atoms with E-state index in [4.69, 9.17) is 14.2 Å². The van der Waals surface area contributed by atoms with E-state index in [0.29, 0.717) is 30.9 Å². The Balaban J connectivity index is 1.51. The topological polar surface area (TPSA) is 73.8 Å². The number of nitrogens with zero attached hydrogens (tertiary/aromatic N) is 3. The van der Waals surface area contributed by atoms with Gasteiger partial charge in [0.05, 0.1) is 12.6 Å². The molecule has 2 aromatic rings. The summed E-state index contributed by atoms with van der Waals surface area (Å²) in [7, 11) is 0. The van der Waals surface area contributed by atoms with Gasteiger partial charge in [-0.05, 0) is 50.6 Å². The number of benzene rings is 1. The zero-order chi connectivity index (χ0) is 19.7. The van der Waals surface area contributed by atoms with Gasteiger partial charge in [0.2, 0.25) is 0 Å². The summed E-state index contributed by atoms with van der Waals surface area (Å²) in [5.74, 6) is 1.41. The Labute approximate surface area is 164 Å². The molecule has 2 aliphatic heterocycles. The average Bonchev–Trinajstić information content (AvgIpc) is 3.13. The monoisotopic (exact) mass is 383 g/mol. The lowest BCUT2D eigenvalue weighted by Gasteiger charge is -2.40. The molecule has 0 bridgehead atoms. The van der Waals surface area contributed by atoms with Crippen LogP contribution in [0.5, 0.6) is 5.75 Å². The van der Waals surface area contributed by atoms with E-state index in [2.05, 4.69) is 9.97 Å². The molecular weight excluding hydrogens is 358 g/mol. The number of hydrogen-bond acceptors (Lipinski definition) is 6. The minimum atomic E-state index is -0.678. The van der Waals surface area contributed by atoms with Crippen LogP contribution in [-0.2, 0) is 15.1 Å². The summed E-state index contributed by atoms with van der Waals surface area (Å²) in [5, 5.41) is 0. The number of aromatic nitrogens is 2. The van der Waals surface area contributed by atoms with Crippen molar-refractivity contribution in [3.8, 4) is 5.75 Å². The maximum Gasteiger partial charge on any atom is 0.253 e. The van der Waals surface area contributed by atoms with Crippen LogP contribution in [0.3, 0.4) is 0 Å². The summed E-state index contributed by atoms with van der Waals surface area (Å²) in [5.41, 5.74) is 0.920. The number of fused-ring (bicyclic) bond motifs is 1. The van der Waals surface area contributed by atoms with Crippen LogP contribution in [0, 0.1) is 6.92 Å². The van der Waals surface area contributed by atoms with Crippen LogP contribution in [0.15, 0.2) is 36.7 Å². The van der Waals surface area contributed by atoms with Gasteiger partial charge in [-0.25, -0.2) is 9.97 Å². The van der Waals surface area contributed by atoms with Gasteiger partial charge >= 0.3 is 0 Å². The molecule has 148 valence electrons. The van der Waals surface area contributed by atoms with Crippen LogP contribution >= 0.6 is 0 Å². The first-order valence-electron chi connectivity index (χ1n) is 9.59. The quantitative estimate of drug-likeness (QED) is 0.808. The fourth-order valence-corrected chi connectivity index (χ4v) is 3.85. The van der Waals surface area contributed by atoms with Crippen LogP contribution in [0.25, 0.3) is 0 Å². The van der Waals surface area contributed by atoms with Crippen molar-refractivity contribution in [2.45, 2.75) is 45.0 Å². The number of amides is 1. The highest BCUT2D eigenvalue weighted by Crippen LogP contribution is 2.41. The summed E-state index contributed by atoms with van der Waals surface area (Å²) in [4.78, 5) is 23.6. The molecule has 3 heterocycles. The van der Waals surface area contributed by atoms with Crippen molar-refractivity contribution in [1.29, 1.82) is 0 Å². The van der Waals surface area contributed by atoms with Gasteiger partial charge in [-0.1, -0.05) is 0 Å². The van der Waals surface area contributed by atoms with Gasteiger partial charge < -0.3 is 19.1 Å². The minimum Gasteiger partial charge on any atom is -0.491 e. The zero-order valence-electron chi connectivity index (χ0n) is 16.4. The summed E-state index contributed by atoms with van der Waals surface area (Å²) in [6, 6.07) is 7.35. The van der Waals surface area contributed by atoms with Gasteiger partial charge in [0.1, 0.15) is 18.6 Å². The van der Waals surface area contributed by atoms with Gasteiger partial charge in [0.15, 0.2) is 11.4 Å². The number of rotatable bonds is 4. The van der Waals surface area contributed by atoms with E-state index >= 15 is 0 Å². The Bertz CT molecular complexity index is 858. The lowest BCUT2D eigenvalue weighted by molar-refractivity contribution is -0.0503. The second-order valence-electron chi connectivity index (χ2n) is 7.53. The fraction of sp³-hybridized carbons (Fsp3) is 0.476. The van der Waals surface area contributed by atoms with Crippen molar-refractivity contribution in [1.82, 2.24) is 14.9 Å². The Morgan fingerprint density at radius 1 is 1.32 bits per heavy atom. The van der Waals surface area contributed by atoms with E-state index in [1.165, 1.54) is 0 Å². The molecule has 7 heteroatoms. The summed E-state index contributed by atoms with van der Waals surface area (Å²) in [6.07, 6.45) is 3.82. The third-order valence-electron chi connectivity index (χ3n) is 5.26. The highest BCUT2D eigenvalue weighted by Gasteiger charge is 2.53. The molecule has 1 aromatic heterocycles. The number of aryl methyl sites for hydroxylation is 1. The van der Waals surface area contributed by atoms with Crippen molar-refractivity contribution in [3.05, 3.63) is 53.6 Å². The fourth-order valence-electron chi connectivity index (χ4n) is 3.85. The molecule has 2 aliphatic rings. The third kappa shape index (κ3) is 3.36. The summed E-state index contributed by atoms with van der Waals surface area (Å²) >= 11 is 0. The number of hydrogen-bond donors (Lipinski definition) is 0. The number of carbonyl (C=O) groups is 1. The van der Waals surface area contributed by atoms with E-state index in [1.807, 2.05) is 43.9 Å². The van der Waals surface area contributed by atoms with Crippen LogP contribution < -0.4 is 4.74 Å². The van der Waals surface area contributed by atoms with Crippen molar-refractivity contribution >= 4 is 5.91 Å². The van der Waals surface area contributed by atoms with Gasteiger partial charge in [0.25, 0.3) is 5.91 Å². The first-order valence-corrected chi connectivity index (χ1v) is 9.59. The summed E-state index contributed by atoms with van der Waals surface area (Å²) in [6.45, 7) is 7.11. The van der Waals surface area contributed by atoms with Gasteiger partial charge in [-0.15, -0.1) is 0 Å².